The summed E-state index contributed by atoms with van der Waals surface area (Å²) in [5, 5.41) is 11.1. The van der Waals surface area contributed by atoms with Gasteiger partial charge in [0.15, 0.2) is 0 Å². The molecule has 8 nitrogen and oxygen atoms in total. The summed E-state index contributed by atoms with van der Waals surface area (Å²) in [4.78, 5) is 31.9. The van der Waals surface area contributed by atoms with Crippen molar-refractivity contribution in [2.45, 2.75) is 18.9 Å². The van der Waals surface area contributed by atoms with Crippen LogP contribution in [0.1, 0.15) is 12.8 Å². The van der Waals surface area contributed by atoms with E-state index in [2.05, 4.69) is 31.2 Å². The van der Waals surface area contributed by atoms with E-state index in [4.69, 9.17) is 0 Å². The number of nitrogens with zero attached hydrogens (tertiary/aromatic N) is 2. The van der Waals surface area contributed by atoms with Crippen LogP contribution < -0.4 is 21.3 Å². The van der Waals surface area contributed by atoms with E-state index in [0.29, 0.717) is 23.8 Å². The second-order valence-corrected chi connectivity index (χ2v) is 5.86. The third kappa shape index (κ3) is 5.45. The van der Waals surface area contributed by atoms with E-state index in [9.17, 15) is 9.59 Å². The zero-order chi connectivity index (χ0) is 17.5. The second kappa shape index (κ2) is 8.09. The summed E-state index contributed by atoms with van der Waals surface area (Å²) in [6.45, 7) is 0.358. The Hall–Kier alpha value is -3.16. The van der Waals surface area contributed by atoms with Crippen LogP contribution >= 0.6 is 0 Å². The molecular formula is C17H20N6O2. The maximum atomic E-state index is 12.1. The molecule has 3 rings (SSSR count). The minimum absolute atomic E-state index is 0.115. The van der Waals surface area contributed by atoms with Gasteiger partial charge >= 0.3 is 12.1 Å². The van der Waals surface area contributed by atoms with Crippen molar-refractivity contribution in [2.24, 2.45) is 5.92 Å². The highest BCUT2D eigenvalue weighted by Crippen LogP contribution is 2.32. The molecule has 4 N–H and O–H groups in total. The Morgan fingerprint density at radius 1 is 1.00 bits per heavy atom. The molecule has 0 radical (unpaired) electrons. The highest BCUT2D eigenvalue weighted by atomic mass is 16.2. The van der Waals surface area contributed by atoms with E-state index in [1.165, 1.54) is 0 Å². The minimum Gasteiger partial charge on any atom is -0.336 e. The molecule has 0 bridgehead atoms. The van der Waals surface area contributed by atoms with E-state index >= 15 is 0 Å². The summed E-state index contributed by atoms with van der Waals surface area (Å²) in [5.41, 5.74) is 1.24. The van der Waals surface area contributed by atoms with Gasteiger partial charge in [-0.25, -0.2) is 9.59 Å². The van der Waals surface area contributed by atoms with Crippen molar-refractivity contribution in [3.05, 3.63) is 49.1 Å². The van der Waals surface area contributed by atoms with Crippen molar-refractivity contribution in [2.75, 3.05) is 17.2 Å². The van der Waals surface area contributed by atoms with Gasteiger partial charge in [-0.3, -0.25) is 9.97 Å². The number of aromatic nitrogens is 2. The van der Waals surface area contributed by atoms with Crippen LogP contribution in [0.3, 0.4) is 0 Å². The topological polar surface area (TPSA) is 108 Å². The standard InChI is InChI=1S/C17H20N6O2/c24-16(21-13-3-1-7-18-9-13)20-11-15(12-5-6-12)23-17(25)22-14-4-2-8-19-10-14/h1-4,7-10,12,15H,5-6,11H2,(H2,20,21,24)(H2,22,23,25). The number of hydrogen-bond acceptors (Lipinski definition) is 4. The van der Waals surface area contributed by atoms with Crippen LogP contribution in [0.5, 0.6) is 0 Å². The summed E-state index contributed by atoms with van der Waals surface area (Å²) in [6, 6.07) is 6.26. The Morgan fingerprint density at radius 3 is 2.12 bits per heavy atom. The van der Waals surface area contributed by atoms with Crippen LogP contribution in [-0.4, -0.2) is 34.6 Å². The normalized spacial score (nSPS) is 14.2. The molecule has 1 atom stereocenters. The summed E-state index contributed by atoms with van der Waals surface area (Å²) in [6.07, 6.45) is 8.51. The molecule has 0 aliphatic heterocycles. The van der Waals surface area contributed by atoms with Gasteiger partial charge in [0.2, 0.25) is 0 Å². The fourth-order valence-electron chi connectivity index (χ4n) is 2.42. The lowest BCUT2D eigenvalue weighted by molar-refractivity contribution is 0.242. The Morgan fingerprint density at radius 2 is 1.60 bits per heavy atom. The van der Waals surface area contributed by atoms with Gasteiger partial charge in [0, 0.05) is 18.9 Å². The monoisotopic (exact) mass is 340 g/mol. The first kappa shape index (κ1) is 16.7. The highest BCUT2D eigenvalue weighted by molar-refractivity contribution is 5.90. The summed E-state index contributed by atoms with van der Waals surface area (Å²) < 4.78 is 0. The zero-order valence-corrected chi connectivity index (χ0v) is 13.6. The number of urea groups is 2. The van der Waals surface area contributed by atoms with Crippen LogP contribution in [0.4, 0.5) is 21.0 Å². The smallest absolute Gasteiger partial charge is 0.319 e. The molecule has 2 aromatic rings. The van der Waals surface area contributed by atoms with Crippen molar-refractivity contribution in [1.29, 1.82) is 0 Å². The minimum atomic E-state index is -0.326. The molecule has 25 heavy (non-hydrogen) atoms. The largest absolute Gasteiger partial charge is 0.336 e. The summed E-state index contributed by atoms with van der Waals surface area (Å²) in [5.74, 6) is 0.387. The molecule has 0 spiro atoms. The molecule has 1 unspecified atom stereocenters. The van der Waals surface area contributed by atoms with Crippen LogP contribution in [0.2, 0.25) is 0 Å². The third-order valence-electron chi connectivity index (χ3n) is 3.83. The molecule has 2 aromatic heterocycles. The van der Waals surface area contributed by atoms with Gasteiger partial charge in [-0.15, -0.1) is 0 Å². The van der Waals surface area contributed by atoms with Crippen LogP contribution in [-0.2, 0) is 0 Å². The van der Waals surface area contributed by atoms with Gasteiger partial charge in [-0.2, -0.15) is 0 Å². The quantitative estimate of drug-likeness (QED) is 0.646. The molecule has 0 saturated heterocycles. The van der Waals surface area contributed by atoms with Gasteiger partial charge in [0.25, 0.3) is 0 Å². The van der Waals surface area contributed by atoms with Gasteiger partial charge in [-0.05, 0) is 43.0 Å². The molecule has 1 aliphatic rings. The van der Waals surface area contributed by atoms with Gasteiger partial charge in [0.1, 0.15) is 0 Å². The maximum Gasteiger partial charge on any atom is 0.319 e. The average Bonchev–Trinajstić information content (AvgIpc) is 3.45. The van der Waals surface area contributed by atoms with Crippen molar-refractivity contribution >= 4 is 23.4 Å². The lowest BCUT2D eigenvalue weighted by Gasteiger charge is -2.19. The fraction of sp³-hybridized carbons (Fsp3) is 0.294. The van der Waals surface area contributed by atoms with Crippen molar-refractivity contribution in [3.8, 4) is 0 Å². The number of pyridine rings is 2. The number of amides is 4. The van der Waals surface area contributed by atoms with Crippen molar-refractivity contribution < 1.29 is 9.59 Å². The Labute approximate surface area is 145 Å². The molecule has 1 aliphatic carbocycles. The number of hydrogen-bond donors (Lipinski definition) is 4. The molecular weight excluding hydrogens is 320 g/mol. The molecule has 1 saturated carbocycles. The van der Waals surface area contributed by atoms with Crippen LogP contribution in [0.25, 0.3) is 0 Å². The van der Waals surface area contributed by atoms with E-state index in [-0.39, 0.29) is 18.1 Å². The second-order valence-electron chi connectivity index (χ2n) is 5.86. The van der Waals surface area contributed by atoms with E-state index < -0.39 is 0 Å². The average molecular weight is 340 g/mol. The number of nitrogens with one attached hydrogen (secondary N) is 4. The number of anilines is 2. The molecule has 1 fully saturated rings. The molecule has 0 aromatic carbocycles. The Balaban J connectivity index is 1.46. The van der Waals surface area contributed by atoms with Crippen molar-refractivity contribution in [1.82, 2.24) is 20.6 Å². The van der Waals surface area contributed by atoms with Gasteiger partial charge in [-0.1, -0.05) is 0 Å². The molecule has 2 heterocycles. The Bertz CT molecular complexity index is 706. The highest BCUT2D eigenvalue weighted by Gasteiger charge is 2.32. The SMILES string of the molecule is O=C(NCC(NC(=O)Nc1cccnc1)C1CC1)Nc1cccnc1. The summed E-state index contributed by atoms with van der Waals surface area (Å²) >= 11 is 0. The first-order valence-electron chi connectivity index (χ1n) is 8.13. The van der Waals surface area contributed by atoms with Crippen LogP contribution in [0.15, 0.2) is 49.1 Å². The van der Waals surface area contributed by atoms with E-state index in [1.54, 1.807) is 49.1 Å². The maximum absolute atomic E-state index is 12.1. The third-order valence-corrected chi connectivity index (χ3v) is 3.83. The first-order chi connectivity index (χ1) is 12.2. The van der Waals surface area contributed by atoms with Crippen LogP contribution in [0, 0.1) is 5.92 Å². The fourth-order valence-corrected chi connectivity index (χ4v) is 2.42. The lowest BCUT2D eigenvalue weighted by Crippen LogP contribution is -2.47. The molecule has 130 valence electrons. The Kier molecular flexibility index (Phi) is 5.40. The lowest BCUT2D eigenvalue weighted by atomic mass is 10.2. The number of carbonyl (C=O) groups is 2. The zero-order valence-electron chi connectivity index (χ0n) is 13.6. The predicted octanol–water partition coefficient (Wildman–Crippen LogP) is 2.20. The predicted molar refractivity (Wildman–Crippen MR) is 94.2 cm³/mol. The first-order valence-corrected chi connectivity index (χ1v) is 8.13. The van der Waals surface area contributed by atoms with Crippen molar-refractivity contribution in [3.63, 3.8) is 0 Å². The van der Waals surface area contributed by atoms with E-state index in [1.807, 2.05) is 0 Å². The van der Waals surface area contributed by atoms with Gasteiger partial charge in [0.05, 0.1) is 29.8 Å². The number of rotatable bonds is 6. The van der Waals surface area contributed by atoms with E-state index in [0.717, 1.165) is 12.8 Å². The molecule has 8 heteroatoms. The van der Waals surface area contributed by atoms with Gasteiger partial charge < -0.3 is 21.3 Å². The number of carbonyl (C=O) groups excluding carboxylic acids is 2. The molecule has 4 amide bonds. The summed E-state index contributed by atoms with van der Waals surface area (Å²) in [7, 11) is 0.